The average Bonchev–Trinajstić information content (AvgIpc) is 2.23. The molecule has 0 aromatic heterocycles. The number of hydrogen-bond acceptors (Lipinski definition) is 2. The highest BCUT2D eigenvalue weighted by Crippen LogP contribution is 2.13. The summed E-state index contributed by atoms with van der Waals surface area (Å²) in [6.45, 7) is 8.37. The number of rotatable bonds is 5. The summed E-state index contributed by atoms with van der Waals surface area (Å²) >= 11 is 0. The molecule has 1 aromatic carbocycles. The maximum atomic E-state index is 13.0. The first-order valence-electron chi connectivity index (χ1n) is 6.10. The molecule has 0 aliphatic heterocycles. The fraction of sp³-hybridized carbons (Fsp3) is 0.571. The summed E-state index contributed by atoms with van der Waals surface area (Å²) < 4.78 is 13.0. The predicted octanol–water partition coefficient (Wildman–Crippen LogP) is 3.04. The highest BCUT2D eigenvalue weighted by atomic mass is 19.1. The lowest BCUT2D eigenvalue weighted by Gasteiger charge is -2.23. The second kappa shape index (κ2) is 6.01. The SMILES string of the molecule is CN(CCCNC(C)(C)C)c1cccc(F)c1. The molecule has 3 heteroatoms. The fourth-order valence-electron chi connectivity index (χ4n) is 1.62. The Hall–Kier alpha value is -1.09. The quantitative estimate of drug-likeness (QED) is 0.793. The zero-order valence-electron chi connectivity index (χ0n) is 11.3. The van der Waals surface area contributed by atoms with Crippen molar-refractivity contribution in [3.63, 3.8) is 0 Å². The highest BCUT2D eigenvalue weighted by molar-refractivity contribution is 5.45. The minimum absolute atomic E-state index is 0.164. The van der Waals surface area contributed by atoms with Gasteiger partial charge in [0.1, 0.15) is 5.82 Å². The van der Waals surface area contributed by atoms with Gasteiger partial charge in [-0.15, -0.1) is 0 Å². The van der Waals surface area contributed by atoms with E-state index in [0.717, 1.165) is 25.2 Å². The van der Waals surface area contributed by atoms with E-state index in [1.807, 2.05) is 13.1 Å². The molecule has 0 saturated carbocycles. The topological polar surface area (TPSA) is 15.3 Å². The lowest BCUT2D eigenvalue weighted by atomic mass is 10.1. The maximum absolute atomic E-state index is 13.0. The van der Waals surface area contributed by atoms with Crippen LogP contribution in [0, 0.1) is 5.82 Å². The van der Waals surface area contributed by atoms with Gasteiger partial charge in [0, 0.05) is 24.8 Å². The van der Waals surface area contributed by atoms with Crippen molar-refractivity contribution in [2.45, 2.75) is 32.7 Å². The van der Waals surface area contributed by atoms with Crippen LogP contribution in [-0.4, -0.2) is 25.7 Å². The van der Waals surface area contributed by atoms with Crippen LogP contribution in [-0.2, 0) is 0 Å². The van der Waals surface area contributed by atoms with Gasteiger partial charge in [-0.3, -0.25) is 0 Å². The van der Waals surface area contributed by atoms with Crippen LogP contribution in [0.3, 0.4) is 0 Å². The normalized spacial score (nSPS) is 11.6. The van der Waals surface area contributed by atoms with Gasteiger partial charge in [0.2, 0.25) is 0 Å². The number of nitrogens with zero attached hydrogens (tertiary/aromatic N) is 1. The first-order chi connectivity index (χ1) is 7.88. The zero-order valence-corrected chi connectivity index (χ0v) is 11.3. The number of nitrogens with one attached hydrogen (secondary N) is 1. The molecule has 0 heterocycles. The van der Waals surface area contributed by atoms with Crippen LogP contribution >= 0.6 is 0 Å². The van der Waals surface area contributed by atoms with Gasteiger partial charge in [-0.2, -0.15) is 0 Å². The van der Waals surface area contributed by atoms with Crippen molar-refractivity contribution in [1.82, 2.24) is 5.32 Å². The first-order valence-corrected chi connectivity index (χ1v) is 6.10. The van der Waals surface area contributed by atoms with E-state index in [1.165, 1.54) is 6.07 Å². The summed E-state index contributed by atoms with van der Waals surface area (Å²) in [5.41, 5.74) is 1.10. The van der Waals surface area contributed by atoms with E-state index in [-0.39, 0.29) is 11.4 Å². The predicted molar refractivity (Wildman–Crippen MR) is 72.0 cm³/mol. The molecule has 0 bridgehead atoms. The van der Waals surface area contributed by atoms with E-state index in [0.29, 0.717) is 0 Å². The molecule has 0 amide bonds. The van der Waals surface area contributed by atoms with Gasteiger partial charge in [0.15, 0.2) is 0 Å². The van der Waals surface area contributed by atoms with Crippen LogP contribution < -0.4 is 10.2 Å². The van der Waals surface area contributed by atoms with E-state index in [4.69, 9.17) is 0 Å². The van der Waals surface area contributed by atoms with Crippen molar-refractivity contribution in [1.29, 1.82) is 0 Å². The van der Waals surface area contributed by atoms with Gasteiger partial charge in [0.05, 0.1) is 0 Å². The molecule has 0 spiro atoms. The van der Waals surface area contributed by atoms with Crippen LogP contribution in [0.15, 0.2) is 24.3 Å². The first kappa shape index (κ1) is 14.0. The summed E-state index contributed by atoms with van der Waals surface area (Å²) in [5.74, 6) is -0.179. The minimum Gasteiger partial charge on any atom is -0.374 e. The van der Waals surface area contributed by atoms with Crippen LogP contribution in [0.2, 0.25) is 0 Å². The Balaban J connectivity index is 2.33. The largest absolute Gasteiger partial charge is 0.374 e. The molecule has 0 fully saturated rings. The van der Waals surface area contributed by atoms with Crippen molar-refractivity contribution in [3.8, 4) is 0 Å². The standard InChI is InChI=1S/C14H23FN2/c1-14(2,3)16-9-6-10-17(4)13-8-5-7-12(15)11-13/h5,7-8,11,16H,6,9-10H2,1-4H3. The molecule has 96 valence electrons. The molecule has 1 rings (SSSR count). The van der Waals surface area contributed by atoms with Crippen LogP contribution in [0.5, 0.6) is 0 Å². The van der Waals surface area contributed by atoms with E-state index >= 15 is 0 Å². The summed E-state index contributed by atoms with van der Waals surface area (Å²) in [6.07, 6.45) is 1.05. The lowest BCUT2D eigenvalue weighted by Crippen LogP contribution is -2.37. The molecule has 1 N–H and O–H groups in total. The van der Waals surface area contributed by atoms with Gasteiger partial charge in [0.25, 0.3) is 0 Å². The monoisotopic (exact) mass is 238 g/mol. The summed E-state index contributed by atoms with van der Waals surface area (Å²) in [6, 6.07) is 6.71. The second-order valence-corrected chi connectivity index (χ2v) is 5.43. The lowest BCUT2D eigenvalue weighted by molar-refractivity contribution is 0.423. The van der Waals surface area contributed by atoms with Crippen molar-refractivity contribution in [2.24, 2.45) is 0 Å². The summed E-state index contributed by atoms with van der Waals surface area (Å²) in [4.78, 5) is 2.08. The summed E-state index contributed by atoms with van der Waals surface area (Å²) in [7, 11) is 1.99. The molecule has 17 heavy (non-hydrogen) atoms. The van der Waals surface area contributed by atoms with Crippen molar-refractivity contribution >= 4 is 5.69 Å². The molecule has 0 saturated heterocycles. The van der Waals surface area contributed by atoms with Gasteiger partial charge >= 0.3 is 0 Å². The fourth-order valence-corrected chi connectivity index (χ4v) is 1.62. The number of anilines is 1. The third-order valence-corrected chi connectivity index (χ3v) is 2.57. The Kier molecular flexibility index (Phi) is 4.94. The van der Waals surface area contributed by atoms with Crippen LogP contribution in [0.1, 0.15) is 27.2 Å². The molecule has 2 nitrogen and oxygen atoms in total. The van der Waals surface area contributed by atoms with Gasteiger partial charge in [-0.1, -0.05) is 6.07 Å². The van der Waals surface area contributed by atoms with Crippen molar-refractivity contribution in [2.75, 3.05) is 25.0 Å². The van der Waals surface area contributed by atoms with Gasteiger partial charge in [-0.05, 0) is 51.9 Å². The van der Waals surface area contributed by atoms with E-state index in [9.17, 15) is 4.39 Å². The molecule has 0 aliphatic rings. The van der Waals surface area contributed by atoms with E-state index in [2.05, 4.69) is 31.0 Å². The second-order valence-electron chi connectivity index (χ2n) is 5.43. The van der Waals surface area contributed by atoms with E-state index in [1.54, 1.807) is 12.1 Å². The Labute approximate surface area is 104 Å². The number of hydrogen-bond donors (Lipinski definition) is 1. The molecule has 0 atom stereocenters. The third kappa shape index (κ3) is 5.68. The maximum Gasteiger partial charge on any atom is 0.125 e. The molecular formula is C14H23FN2. The van der Waals surface area contributed by atoms with Crippen LogP contribution in [0.25, 0.3) is 0 Å². The van der Waals surface area contributed by atoms with Crippen LogP contribution in [0.4, 0.5) is 10.1 Å². The van der Waals surface area contributed by atoms with Crippen molar-refractivity contribution < 1.29 is 4.39 Å². The van der Waals surface area contributed by atoms with E-state index < -0.39 is 0 Å². The Morgan fingerprint density at radius 3 is 2.59 bits per heavy atom. The Morgan fingerprint density at radius 2 is 2.00 bits per heavy atom. The van der Waals surface area contributed by atoms with Gasteiger partial charge in [-0.25, -0.2) is 4.39 Å². The molecule has 0 radical (unpaired) electrons. The number of benzene rings is 1. The molecule has 0 unspecified atom stereocenters. The Morgan fingerprint density at radius 1 is 1.29 bits per heavy atom. The third-order valence-electron chi connectivity index (χ3n) is 2.57. The number of halogens is 1. The highest BCUT2D eigenvalue weighted by Gasteiger charge is 2.08. The average molecular weight is 238 g/mol. The summed E-state index contributed by atoms with van der Waals surface area (Å²) in [5, 5.41) is 3.44. The van der Waals surface area contributed by atoms with Crippen molar-refractivity contribution in [3.05, 3.63) is 30.1 Å². The smallest absolute Gasteiger partial charge is 0.125 e. The molecule has 1 aromatic rings. The molecular weight excluding hydrogens is 215 g/mol. The Bertz CT molecular complexity index is 344. The zero-order chi connectivity index (χ0) is 12.9. The van der Waals surface area contributed by atoms with Gasteiger partial charge < -0.3 is 10.2 Å². The molecule has 0 aliphatic carbocycles. The minimum atomic E-state index is -0.179.